The second-order valence-corrected chi connectivity index (χ2v) is 5.35. The molecule has 2 N–H and O–H groups in total. The molecule has 1 aliphatic heterocycles. The minimum absolute atomic E-state index is 0.0122. The van der Waals surface area contributed by atoms with Crippen LogP contribution in [0.25, 0.3) is 0 Å². The van der Waals surface area contributed by atoms with Gasteiger partial charge in [-0.3, -0.25) is 0 Å². The Morgan fingerprint density at radius 1 is 1.19 bits per heavy atom. The van der Waals surface area contributed by atoms with E-state index >= 15 is 0 Å². The molecular weight excluding hydrogens is 198 g/mol. The summed E-state index contributed by atoms with van der Waals surface area (Å²) in [5, 5.41) is 13.7. The van der Waals surface area contributed by atoms with Gasteiger partial charge in [0.05, 0.1) is 0 Å². The minimum atomic E-state index is -0.0122. The highest BCUT2D eigenvalue weighted by Crippen LogP contribution is 2.39. The summed E-state index contributed by atoms with van der Waals surface area (Å²) in [7, 11) is 0. The molecule has 0 spiro atoms. The van der Waals surface area contributed by atoms with Gasteiger partial charge in [-0.1, -0.05) is 0 Å². The zero-order chi connectivity index (χ0) is 11.2. The molecule has 1 unspecified atom stereocenters. The van der Waals surface area contributed by atoms with Crippen molar-refractivity contribution >= 4 is 0 Å². The maximum atomic E-state index is 10.2. The normalized spacial score (nSPS) is 28.3. The molecule has 86 valence electrons. The molecule has 2 heteroatoms. The Morgan fingerprint density at radius 3 is 2.62 bits per heavy atom. The van der Waals surface area contributed by atoms with E-state index in [9.17, 15) is 5.11 Å². The molecular formula is C14H19NO. The van der Waals surface area contributed by atoms with Crippen molar-refractivity contribution in [2.45, 2.75) is 44.6 Å². The first-order valence-corrected chi connectivity index (χ1v) is 6.29. The maximum absolute atomic E-state index is 10.2. The SMILES string of the molecule is CC1(c2cc3c(cc2O)CCC3)CCCN1. The maximum Gasteiger partial charge on any atom is 0.120 e. The van der Waals surface area contributed by atoms with Crippen molar-refractivity contribution in [1.82, 2.24) is 5.32 Å². The minimum Gasteiger partial charge on any atom is -0.508 e. The first kappa shape index (κ1) is 10.2. The van der Waals surface area contributed by atoms with Crippen LogP contribution in [0.1, 0.15) is 42.9 Å². The first-order valence-electron chi connectivity index (χ1n) is 6.29. The van der Waals surface area contributed by atoms with Gasteiger partial charge in [0.1, 0.15) is 5.75 Å². The van der Waals surface area contributed by atoms with Gasteiger partial charge in [0.25, 0.3) is 0 Å². The van der Waals surface area contributed by atoms with Crippen molar-refractivity contribution in [2.75, 3.05) is 6.54 Å². The summed E-state index contributed by atoms with van der Waals surface area (Å²) in [6, 6.07) is 4.22. The van der Waals surface area contributed by atoms with Crippen LogP contribution in [0.15, 0.2) is 12.1 Å². The van der Waals surface area contributed by atoms with Crippen molar-refractivity contribution < 1.29 is 5.11 Å². The molecule has 1 atom stereocenters. The molecule has 2 nitrogen and oxygen atoms in total. The molecule has 1 aliphatic carbocycles. The second kappa shape index (κ2) is 3.49. The Labute approximate surface area is 96.7 Å². The monoisotopic (exact) mass is 217 g/mol. The number of nitrogens with one attached hydrogen (secondary N) is 1. The fourth-order valence-electron chi connectivity index (χ4n) is 3.18. The van der Waals surface area contributed by atoms with Crippen LogP contribution in [0.2, 0.25) is 0 Å². The van der Waals surface area contributed by atoms with Crippen molar-refractivity contribution in [3.05, 3.63) is 28.8 Å². The zero-order valence-corrected chi connectivity index (χ0v) is 9.84. The molecule has 0 amide bonds. The second-order valence-electron chi connectivity index (χ2n) is 5.35. The van der Waals surface area contributed by atoms with Crippen molar-refractivity contribution in [3.8, 4) is 5.75 Å². The topological polar surface area (TPSA) is 32.3 Å². The van der Waals surface area contributed by atoms with Crippen LogP contribution in [-0.4, -0.2) is 11.7 Å². The Bertz CT molecular complexity index is 419. The van der Waals surface area contributed by atoms with E-state index in [4.69, 9.17) is 0 Å². The average molecular weight is 217 g/mol. The average Bonchev–Trinajstić information content (AvgIpc) is 2.85. The molecule has 1 heterocycles. The van der Waals surface area contributed by atoms with Crippen LogP contribution in [0.5, 0.6) is 5.75 Å². The molecule has 0 aromatic heterocycles. The third-order valence-electron chi connectivity index (χ3n) is 4.17. The Hall–Kier alpha value is -1.02. The summed E-state index contributed by atoms with van der Waals surface area (Å²) < 4.78 is 0. The highest BCUT2D eigenvalue weighted by atomic mass is 16.3. The third kappa shape index (κ3) is 1.44. The van der Waals surface area contributed by atoms with E-state index in [2.05, 4.69) is 18.3 Å². The summed E-state index contributed by atoms with van der Waals surface area (Å²) in [5.41, 5.74) is 3.89. The molecule has 1 aromatic carbocycles. The van der Waals surface area contributed by atoms with Crippen LogP contribution in [-0.2, 0) is 18.4 Å². The van der Waals surface area contributed by atoms with Gasteiger partial charge < -0.3 is 10.4 Å². The van der Waals surface area contributed by atoms with Gasteiger partial charge in [-0.25, -0.2) is 0 Å². The molecule has 0 radical (unpaired) electrons. The van der Waals surface area contributed by atoms with Crippen LogP contribution < -0.4 is 5.32 Å². The van der Waals surface area contributed by atoms with Crippen LogP contribution >= 0.6 is 0 Å². The molecule has 1 fully saturated rings. The Kier molecular flexibility index (Phi) is 2.21. The van der Waals surface area contributed by atoms with Crippen molar-refractivity contribution in [2.24, 2.45) is 0 Å². The standard InChI is InChI=1S/C14H19NO/c1-14(6-3-7-15-14)12-8-10-4-2-5-11(10)9-13(12)16/h8-9,15-16H,2-7H2,1H3. The van der Waals surface area contributed by atoms with E-state index in [1.807, 2.05) is 6.07 Å². The van der Waals surface area contributed by atoms with Gasteiger partial charge in [0.15, 0.2) is 0 Å². The summed E-state index contributed by atoms with van der Waals surface area (Å²) in [4.78, 5) is 0. The van der Waals surface area contributed by atoms with Crippen molar-refractivity contribution in [3.63, 3.8) is 0 Å². The number of phenolic OH excluding ortho intramolecular Hbond substituents is 1. The largest absolute Gasteiger partial charge is 0.508 e. The number of benzene rings is 1. The van der Waals surface area contributed by atoms with Gasteiger partial charge in [-0.05, 0) is 68.8 Å². The molecule has 0 saturated carbocycles. The molecule has 2 aliphatic rings. The summed E-state index contributed by atoms with van der Waals surface area (Å²) in [6.45, 7) is 3.27. The molecule has 1 saturated heterocycles. The first-order chi connectivity index (χ1) is 7.69. The molecule has 3 rings (SSSR count). The summed E-state index contributed by atoms with van der Waals surface area (Å²) in [5.74, 6) is 0.484. The van der Waals surface area contributed by atoms with Gasteiger partial charge in [0.2, 0.25) is 0 Å². The van der Waals surface area contributed by atoms with E-state index in [1.54, 1.807) is 0 Å². The highest BCUT2D eigenvalue weighted by molar-refractivity contribution is 5.47. The van der Waals surface area contributed by atoms with Gasteiger partial charge in [-0.2, -0.15) is 0 Å². The number of phenols is 1. The van der Waals surface area contributed by atoms with E-state index in [1.165, 1.54) is 30.4 Å². The van der Waals surface area contributed by atoms with Crippen molar-refractivity contribution in [1.29, 1.82) is 0 Å². The zero-order valence-electron chi connectivity index (χ0n) is 9.84. The fraction of sp³-hybridized carbons (Fsp3) is 0.571. The third-order valence-corrected chi connectivity index (χ3v) is 4.17. The number of aromatic hydroxyl groups is 1. The van der Waals surface area contributed by atoms with Gasteiger partial charge in [0, 0.05) is 11.1 Å². The quantitative estimate of drug-likeness (QED) is 0.757. The molecule has 1 aromatic rings. The number of hydrogen-bond donors (Lipinski definition) is 2. The number of fused-ring (bicyclic) bond motifs is 1. The lowest BCUT2D eigenvalue weighted by Crippen LogP contribution is -2.33. The predicted molar refractivity (Wildman–Crippen MR) is 64.7 cm³/mol. The fourth-order valence-corrected chi connectivity index (χ4v) is 3.18. The van der Waals surface area contributed by atoms with Gasteiger partial charge >= 0.3 is 0 Å². The number of aryl methyl sites for hydroxylation is 2. The lowest BCUT2D eigenvalue weighted by Gasteiger charge is -2.26. The summed E-state index contributed by atoms with van der Waals surface area (Å²) in [6.07, 6.45) is 5.88. The van der Waals surface area contributed by atoms with E-state index in [-0.39, 0.29) is 5.54 Å². The van der Waals surface area contributed by atoms with Crippen LogP contribution in [0.4, 0.5) is 0 Å². The molecule has 16 heavy (non-hydrogen) atoms. The van der Waals surface area contributed by atoms with Gasteiger partial charge in [-0.15, -0.1) is 0 Å². The number of rotatable bonds is 1. The van der Waals surface area contributed by atoms with Crippen LogP contribution in [0, 0.1) is 0 Å². The molecule has 0 bridgehead atoms. The Balaban J connectivity index is 2.07. The lowest BCUT2D eigenvalue weighted by molar-refractivity contribution is 0.394. The number of hydrogen-bond acceptors (Lipinski definition) is 2. The van der Waals surface area contributed by atoms with E-state index < -0.39 is 0 Å². The Morgan fingerprint density at radius 2 is 1.94 bits per heavy atom. The smallest absolute Gasteiger partial charge is 0.120 e. The van der Waals surface area contributed by atoms with E-state index in [0.717, 1.165) is 24.9 Å². The van der Waals surface area contributed by atoms with E-state index in [0.29, 0.717) is 5.75 Å². The lowest BCUT2D eigenvalue weighted by atomic mass is 9.87. The highest BCUT2D eigenvalue weighted by Gasteiger charge is 2.33. The predicted octanol–water partition coefficient (Wildman–Crippen LogP) is 2.48. The summed E-state index contributed by atoms with van der Waals surface area (Å²) >= 11 is 0. The van der Waals surface area contributed by atoms with Crippen LogP contribution in [0.3, 0.4) is 0 Å².